The van der Waals surface area contributed by atoms with Crippen LogP contribution in [0.15, 0.2) is 10.5 Å². The lowest BCUT2D eigenvalue weighted by atomic mass is 10.1. The predicted octanol–water partition coefficient (Wildman–Crippen LogP) is 2.16. The number of ether oxygens (including phenoxy) is 1. The smallest absolute Gasteiger partial charge is 0.128 e. The molecule has 0 aliphatic carbocycles. The Labute approximate surface area is 88.4 Å². The zero-order valence-electron chi connectivity index (χ0n) is 8.18. The Morgan fingerprint density at radius 2 is 2.50 bits per heavy atom. The van der Waals surface area contributed by atoms with Crippen molar-refractivity contribution >= 4 is 11.6 Å². The summed E-state index contributed by atoms with van der Waals surface area (Å²) in [5.74, 6) is 2.11. The topological polar surface area (TPSA) is 34.4 Å². The van der Waals surface area contributed by atoms with Crippen molar-refractivity contribution in [2.45, 2.75) is 18.9 Å². The lowest BCUT2D eigenvalue weighted by Gasteiger charge is -2.03. The van der Waals surface area contributed by atoms with Gasteiger partial charge in [0.15, 0.2) is 0 Å². The van der Waals surface area contributed by atoms with Crippen molar-refractivity contribution in [3.05, 3.63) is 22.6 Å². The van der Waals surface area contributed by atoms with Crippen LogP contribution < -0.4 is 5.32 Å². The van der Waals surface area contributed by atoms with E-state index in [1.165, 1.54) is 0 Å². The van der Waals surface area contributed by atoms with E-state index in [-0.39, 0.29) is 0 Å². The van der Waals surface area contributed by atoms with Gasteiger partial charge in [-0.1, -0.05) is 11.6 Å². The highest BCUT2D eigenvalue weighted by atomic mass is 35.5. The molecule has 1 aliphatic heterocycles. The van der Waals surface area contributed by atoms with Gasteiger partial charge in [-0.05, 0) is 19.5 Å². The summed E-state index contributed by atoms with van der Waals surface area (Å²) in [6.07, 6.45) is 1.01. The van der Waals surface area contributed by atoms with Gasteiger partial charge in [0.1, 0.15) is 11.5 Å². The van der Waals surface area contributed by atoms with Gasteiger partial charge in [0.05, 0.1) is 18.2 Å². The molecule has 78 valence electrons. The van der Waals surface area contributed by atoms with E-state index in [0.717, 1.165) is 36.2 Å². The molecule has 0 amide bonds. The molecule has 1 saturated heterocycles. The first kappa shape index (κ1) is 10.0. The van der Waals surface area contributed by atoms with E-state index < -0.39 is 0 Å². The molecule has 14 heavy (non-hydrogen) atoms. The first-order chi connectivity index (χ1) is 6.81. The van der Waals surface area contributed by atoms with Gasteiger partial charge >= 0.3 is 0 Å². The van der Waals surface area contributed by atoms with Gasteiger partial charge in [-0.2, -0.15) is 0 Å². The Hall–Kier alpha value is -0.510. The van der Waals surface area contributed by atoms with E-state index >= 15 is 0 Å². The highest BCUT2D eigenvalue weighted by Gasteiger charge is 2.24. The van der Waals surface area contributed by atoms with Gasteiger partial charge in [0, 0.05) is 12.5 Å². The maximum atomic E-state index is 6.08. The maximum absolute atomic E-state index is 6.08. The minimum absolute atomic E-state index is 0.341. The van der Waals surface area contributed by atoms with Crippen LogP contribution in [0.4, 0.5) is 0 Å². The molecule has 3 nitrogen and oxygen atoms in total. The molecule has 4 heteroatoms. The van der Waals surface area contributed by atoms with Crippen LogP contribution in [0, 0.1) is 0 Å². The Kier molecular flexibility index (Phi) is 3.11. The number of halogens is 1. The fraction of sp³-hybridized carbons (Fsp3) is 0.600. The first-order valence-corrected chi connectivity index (χ1v) is 5.19. The van der Waals surface area contributed by atoms with Crippen molar-refractivity contribution in [1.82, 2.24) is 5.32 Å². The second kappa shape index (κ2) is 4.34. The Balaban J connectivity index is 2.15. The summed E-state index contributed by atoms with van der Waals surface area (Å²) in [5.41, 5.74) is 0. The molecule has 1 atom stereocenters. The zero-order valence-corrected chi connectivity index (χ0v) is 8.93. The van der Waals surface area contributed by atoms with Crippen LogP contribution in [0.1, 0.15) is 23.9 Å². The van der Waals surface area contributed by atoms with Gasteiger partial charge in [0.25, 0.3) is 0 Å². The molecule has 0 spiro atoms. The molecule has 2 rings (SSSR count). The van der Waals surface area contributed by atoms with Crippen LogP contribution in [0.5, 0.6) is 0 Å². The minimum Gasteiger partial charge on any atom is -0.463 e. The molecule has 0 bridgehead atoms. The molecule has 1 aromatic heterocycles. The van der Waals surface area contributed by atoms with E-state index in [2.05, 4.69) is 5.32 Å². The molecule has 1 fully saturated rings. The highest BCUT2D eigenvalue weighted by Crippen LogP contribution is 2.33. The molecule has 1 N–H and O–H groups in total. The van der Waals surface area contributed by atoms with Gasteiger partial charge in [-0.15, -0.1) is 0 Å². The number of hydrogen-bond acceptors (Lipinski definition) is 3. The first-order valence-electron chi connectivity index (χ1n) is 4.81. The predicted molar refractivity (Wildman–Crippen MR) is 54.7 cm³/mol. The normalized spacial score (nSPS) is 21.7. The fourth-order valence-corrected chi connectivity index (χ4v) is 2.03. The molecular weight excluding hydrogens is 202 g/mol. The van der Waals surface area contributed by atoms with Crippen molar-refractivity contribution in [2.24, 2.45) is 0 Å². The lowest BCUT2D eigenvalue weighted by Crippen LogP contribution is -2.03. The van der Waals surface area contributed by atoms with Crippen molar-refractivity contribution in [2.75, 3.05) is 20.3 Å². The Morgan fingerprint density at radius 1 is 1.64 bits per heavy atom. The molecule has 0 saturated carbocycles. The van der Waals surface area contributed by atoms with Crippen molar-refractivity contribution < 1.29 is 9.15 Å². The summed E-state index contributed by atoms with van der Waals surface area (Å²) in [5, 5.41) is 3.76. The Morgan fingerprint density at radius 3 is 3.14 bits per heavy atom. The molecule has 2 heterocycles. The van der Waals surface area contributed by atoms with Crippen LogP contribution in [0.3, 0.4) is 0 Å². The number of nitrogens with one attached hydrogen (secondary N) is 1. The van der Waals surface area contributed by atoms with Gasteiger partial charge in [-0.3, -0.25) is 0 Å². The molecule has 1 unspecified atom stereocenters. The second-order valence-corrected chi connectivity index (χ2v) is 3.92. The fourth-order valence-electron chi connectivity index (χ4n) is 1.71. The SMILES string of the molecule is CNCc1cc(Cl)c(C2CCOC2)o1. The summed E-state index contributed by atoms with van der Waals surface area (Å²) < 4.78 is 11.0. The number of furan rings is 1. The second-order valence-electron chi connectivity index (χ2n) is 3.52. The summed E-state index contributed by atoms with van der Waals surface area (Å²) >= 11 is 6.08. The van der Waals surface area contributed by atoms with Crippen LogP contribution in [0.2, 0.25) is 5.02 Å². The summed E-state index contributed by atoms with van der Waals surface area (Å²) in [6.45, 7) is 2.25. The number of rotatable bonds is 3. The van der Waals surface area contributed by atoms with Gasteiger partial charge in [-0.25, -0.2) is 0 Å². The van der Waals surface area contributed by atoms with E-state index in [4.69, 9.17) is 20.8 Å². The molecular formula is C10H14ClNO2. The van der Waals surface area contributed by atoms with Crippen LogP contribution in [-0.4, -0.2) is 20.3 Å². The maximum Gasteiger partial charge on any atom is 0.128 e. The monoisotopic (exact) mass is 215 g/mol. The molecule has 1 aliphatic rings. The molecule has 0 radical (unpaired) electrons. The lowest BCUT2D eigenvalue weighted by molar-refractivity contribution is 0.191. The van der Waals surface area contributed by atoms with E-state index in [1.807, 2.05) is 13.1 Å². The molecule has 1 aromatic rings. The van der Waals surface area contributed by atoms with Gasteiger partial charge < -0.3 is 14.5 Å². The largest absolute Gasteiger partial charge is 0.463 e. The minimum atomic E-state index is 0.341. The molecule has 0 aromatic carbocycles. The van der Waals surface area contributed by atoms with Crippen LogP contribution in [0.25, 0.3) is 0 Å². The van der Waals surface area contributed by atoms with Crippen molar-refractivity contribution in [1.29, 1.82) is 0 Å². The van der Waals surface area contributed by atoms with E-state index in [1.54, 1.807) is 0 Å². The average molecular weight is 216 g/mol. The summed E-state index contributed by atoms with van der Waals surface area (Å²) in [7, 11) is 1.88. The zero-order chi connectivity index (χ0) is 9.97. The summed E-state index contributed by atoms with van der Waals surface area (Å²) in [4.78, 5) is 0. The number of hydrogen-bond donors (Lipinski definition) is 1. The Bertz CT molecular complexity index is 305. The van der Waals surface area contributed by atoms with Crippen molar-refractivity contribution in [3.8, 4) is 0 Å². The highest BCUT2D eigenvalue weighted by molar-refractivity contribution is 6.31. The third-order valence-corrected chi connectivity index (χ3v) is 2.71. The van der Waals surface area contributed by atoms with E-state index in [0.29, 0.717) is 12.5 Å². The summed E-state index contributed by atoms with van der Waals surface area (Å²) in [6, 6.07) is 1.88. The van der Waals surface area contributed by atoms with Gasteiger partial charge in [0.2, 0.25) is 0 Å². The standard InChI is InChI=1S/C10H14ClNO2/c1-12-5-8-4-9(11)10(14-8)7-2-3-13-6-7/h4,7,12H,2-3,5-6H2,1H3. The van der Waals surface area contributed by atoms with Crippen LogP contribution >= 0.6 is 11.6 Å². The third-order valence-electron chi connectivity index (χ3n) is 2.42. The quantitative estimate of drug-likeness (QED) is 0.839. The van der Waals surface area contributed by atoms with Crippen molar-refractivity contribution in [3.63, 3.8) is 0 Å². The van der Waals surface area contributed by atoms with Crippen LogP contribution in [-0.2, 0) is 11.3 Å². The average Bonchev–Trinajstić information content (AvgIpc) is 2.74. The van der Waals surface area contributed by atoms with E-state index in [9.17, 15) is 0 Å². The third kappa shape index (κ3) is 1.95.